The van der Waals surface area contributed by atoms with Crippen LogP contribution < -0.4 is 9.32 Å². The highest BCUT2D eigenvalue weighted by Crippen LogP contribution is 1.95. The maximum atomic E-state index is 8.52. The number of unbranched alkanes of at least 4 members (excludes halogenated alkanes) is 3. The van der Waals surface area contributed by atoms with Crippen LogP contribution in [0, 0.1) is 10.8 Å². The van der Waals surface area contributed by atoms with E-state index in [1.165, 1.54) is 25.7 Å². The lowest BCUT2D eigenvalue weighted by Gasteiger charge is -1.86. The van der Waals surface area contributed by atoms with Gasteiger partial charge in [-0.05, 0) is 0 Å². The van der Waals surface area contributed by atoms with Crippen LogP contribution in [0.25, 0.3) is 0 Å². The maximum Gasteiger partial charge on any atom is 0.282 e. The highest BCUT2D eigenvalue weighted by atomic mass is 35.6. The third-order valence-electron chi connectivity index (χ3n) is 0.957. The lowest BCUT2D eigenvalue weighted by atomic mass is 10.2. The Hall–Kier alpha value is 0.170. The molecule has 0 aromatic rings. The molecule has 3 nitrogen and oxygen atoms in total. The number of hydrogen-bond donors (Lipinski definition) is 1. The molecule has 1 N–H and O–H groups in total. The van der Waals surface area contributed by atoms with E-state index in [0.717, 1.165) is 0 Å². The third-order valence-corrected chi connectivity index (χ3v) is 0.957. The Balaban J connectivity index is 0. The van der Waals surface area contributed by atoms with Crippen molar-refractivity contribution in [2.75, 3.05) is 0 Å². The van der Waals surface area contributed by atoms with Crippen LogP contribution in [0.2, 0.25) is 0 Å². The molecular weight excluding hydrogens is 156 g/mol. The topological polar surface area (TPSA) is 66.3 Å². The molecule has 0 fully saturated rings. The van der Waals surface area contributed by atoms with E-state index in [2.05, 4.69) is 13.8 Å². The first-order chi connectivity index (χ1) is 4.65. The summed E-state index contributed by atoms with van der Waals surface area (Å²) in [6, 6.07) is 0. The summed E-state index contributed by atoms with van der Waals surface area (Å²) in [5, 5.41) is 0. The van der Waals surface area contributed by atoms with Crippen molar-refractivity contribution >= 4 is 0 Å². The average Bonchev–Trinajstić information content (AvgIpc) is 1.82. The molecule has 10 heavy (non-hydrogen) atoms. The lowest BCUT2D eigenvalue weighted by Crippen LogP contribution is -2.30. The van der Waals surface area contributed by atoms with Crippen LogP contribution in [0.5, 0.6) is 0 Å². The zero-order chi connectivity index (χ0) is 8.41. The zero-order valence-electron chi connectivity index (χ0n) is 6.47. The molecule has 0 rings (SSSR count). The van der Waals surface area contributed by atoms with Gasteiger partial charge >= 0.3 is 0 Å². The minimum absolute atomic E-state index is 1.36. The number of rotatable bonds is 3. The largest absolute Gasteiger partial charge is 0.321 e. The molecule has 0 aromatic heterocycles. The molecule has 0 saturated carbocycles. The fraction of sp³-hybridized carbons (Fsp3) is 1.00. The standard InChI is InChI=1S/C6H14.ClHO3/c1-3-5-6-4-2;2-1(3)4/h3-6H2,1-2H3;2H. The fourth-order valence-electron chi connectivity index (χ4n) is 0.500. The van der Waals surface area contributed by atoms with E-state index in [0.29, 0.717) is 0 Å². The third kappa shape index (κ3) is 41.8. The van der Waals surface area contributed by atoms with Gasteiger partial charge in [0.25, 0.3) is 10.8 Å². The number of hydrogen-bond acceptors (Lipinski definition) is 3. The molecule has 0 aliphatic heterocycles. The Morgan fingerprint density at radius 3 is 1.40 bits per heavy atom. The first-order valence-electron chi connectivity index (χ1n) is 3.39. The molecule has 64 valence electrons. The zero-order valence-corrected chi connectivity index (χ0v) is 7.23. The summed E-state index contributed by atoms with van der Waals surface area (Å²) in [6.45, 7) is 4.46. The molecule has 0 aromatic carbocycles. The molecule has 0 heterocycles. The van der Waals surface area contributed by atoms with Gasteiger partial charge < -0.3 is 9.32 Å². The molecule has 0 saturated heterocycles. The van der Waals surface area contributed by atoms with Crippen molar-refractivity contribution < 1.29 is 24.8 Å². The van der Waals surface area contributed by atoms with Crippen molar-refractivity contribution in [1.82, 2.24) is 0 Å². The van der Waals surface area contributed by atoms with Crippen molar-refractivity contribution in [3.63, 3.8) is 0 Å². The summed E-state index contributed by atoms with van der Waals surface area (Å²) >= 11 is 0. The Morgan fingerprint density at radius 1 is 1.10 bits per heavy atom. The van der Waals surface area contributed by atoms with Gasteiger partial charge in [-0.1, -0.05) is 39.5 Å². The van der Waals surface area contributed by atoms with Crippen LogP contribution in [0.15, 0.2) is 0 Å². The van der Waals surface area contributed by atoms with E-state index < -0.39 is 10.8 Å². The second-order valence-electron chi connectivity index (χ2n) is 1.91. The van der Waals surface area contributed by atoms with Gasteiger partial charge in [-0.25, -0.2) is 0 Å². The van der Waals surface area contributed by atoms with E-state index >= 15 is 0 Å². The van der Waals surface area contributed by atoms with Gasteiger partial charge in [0.1, 0.15) is 0 Å². The van der Waals surface area contributed by atoms with Crippen molar-refractivity contribution in [2.24, 2.45) is 0 Å². The van der Waals surface area contributed by atoms with Gasteiger partial charge in [0.2, 0.25) is 0 Å². The van der Waals surface area contributed by atoms with E-state index in [9.17, 15) is 0 Å². The van der Waals surface area contributed by atoms with Gasteiger partial charge in [-0.15, -0.1) is 0 Å². The Labute approximate surface area is 65.1 Å². The molecule has 0 unspecified atom stereocenters. The van der Waals surface area contributed by atoms with Gasteiger partial charge in [0, 0.05) is 4.66 Å². The quantitative estimate of drug-likeness (QED) is 0.589. The lowest BCUT2D eigenvalue weighted by molar-refractivity contribution is -1.63. The first-order valence-corrected chi connectivity index (χ1v) is 4.35. The molecule has 0 aliphatic carbocycles. The van der Waals surface area contributed by atoms with Crippen LogP contribution in [0.3, 0.4) is 0 Å². The molecule has 4 heteroatoms. The Morgan fingerprint density at radius 2 is 1.30 bits per heavy atom. The minimum Gasteiger partial charge on any atom is -0.321 e. The second kappa shape index (κ2) is 11.9. The van der Waals surface area contributed by atoms with E-state index in [-0.39, 0.29) is 0 Å². The summed E-state index contributed by atoms with van der Waals surface area (Å²) in [5.74, 6) is 0. The monoisotopic (exact) mass is 170 g/mol. The van der Waals surface area contributed by atoms with Crippen LogP contribution in [-0.2, 0) is 0 Å². The average molecular weight is 171 g/mol. The Kier molecular flexibility index (Phi) is 15.3. The summed E-state index contributed by atoms with van der Waals surface area (Å²) in [4.78, 5) is 0. The molecule has 0 aliphatic rings. The highest BCUT2D eigenvalue weighted by Gasteiger charge is 1.79. The summed E-state index contributed by atoms with van der Waals surface area (Å²) < 4.78 is 24.0. The normalized spacial score (nSPS) is 9.00. The van der Waals surface area contributed by atoms with Gasteiger partial charge in [-0.2, -0.15) is 0 Å². The summed E-state index contributed by atoms with van der Waals surface area (Å²) in [6.07, 6.45) is 5.54. The highest BCUT2D eigenvalue weighted by molar-refractivity contribution is 4.31. The van der Waals surface area contributed by atoms with Crippen LogP contribution in [0.4, 0.5) is 0 Å². The predicted molar refractivity (Wildman–Crippen MR) is 32.0 cm³/mol. The van der Waals surface area contributed by atoms with Gasteiger partial charge in [-0.3, -0.25) is 0 Å². The van der Waals surface area contributed by atoms with Crippen molar-refractivity contribution in [2.45, 2.75) is 39.5 Å². The van der Waals surface area contributed by atoms with Crippen molar-refractivity contribution in [3.05, 3.63) is 0 Å². The number of halogens is 1. The van der Waals surface area contributed by atoms with E-state index in [1.54, 1.807) is 0 Å². The van der Waals surface area contributed by atoms with Crippen LogP contribution in [0.1, 0.15) is 39.5 Å². The molecule has 0 amide bonds. The van der Waals surface area contributed by atoms with E-state index in [1.807, 2.05) is 0 Å². The SMILES string of the molecule is CCCCCC.[O-][Cl+2]([O-])O. The maximum absolute atomic E-state index is 8.52. The van der Waals surface area contributed by atoms with E-state index in [4.69, 9.17) is 14.0 Å². The van der Waals surface area contributed by atoms with Crippen molar-refractivity contribution in [1.29, 1.82) is 0 Å². The summed E-state index contributed by atoms with van der Waals surface area (Å²) in [5.41, 5.74) is 0. The molecule has 0 atom stereocenters. The Bertz CT molecular complexity index is 43.5. The predicted octanol–water partition coefficient (Wildman–Crippen LogP) is -0.348. The first kappa shape index (κ1) is 12.8. The van der Waals surface area contributed by atoms with Crippen molar-refractivity contribution in [3.8, 4) is 0 Å². The minimum atomic E-state index is -2.60. The van der Waals surface area contributed by atoms with Crippen LogP contribution >= 0.6 is 0 Å². The second-order valence-corrected chi connectivity index (χ2v) is 2.31. The molecular formula is C6H15ClO3. The molecule has 0 bridgehead atoms. The molecule has 0 radical (unpaired) electrons. The molecule has 0 spiro atoms. The van der Waals surface area contributed by atoms with Crippen LogP contribution in [-0.4, -0.2) is 4.66 Å². The van der Waals surface area contributed by atoms with Gasteiger partial charge in [0.05, 0.1) is 0 Å². The smallest absolute Gasteiger partial charge is 0.282 e. The fourth-order valence-corrected chi connectivity index (χ4v) is 0.500. The van der Waals surface area contributed by atoms with Gasteiger partial charge in [0.15, 0.2) is 0 Å². The summed E-state index contributed by atoms with van der Waals surface area (Å²) in [7, 11) is -2.60.